The van der Waals surface area contributed by atoms with Gasteiger partial charge in [-0.25, -0.2) is 4.39 Å². The summed E-state index contributed by atoms with van der Waals surface area (Å²) in [5.74, 6) is -0.280. The molecule has 0 saturated carbocycles. The monoisotopic (exact) mass is 467 g/mol. The number of piperidine rings is 1. The molecule has 1 N–H and O–H groups in total. The summed E-state index contributed by atoms with van der Waals surface area (Å²) in [5, 5.41) is 3.94. The van der Waals surface area contributed by atoms with Gasteiger partial charge in [-0.05, 0) is 67.9 Å². The maximum absolute atomic E-state index is 14.1. The van der Waals surface area contributed by atoms with Crippen LogP contribution in [0.25, 0.3) is 0 Å². The molecule has 1 fully saturated rings. The van der Waals surface area contributed by atoms with Gasteiger partial charge in [0.15, 0.2) is 11.6 Å². The van der Waals surface area contributed by atoms with Crippen molar-refractivity contribution < 1.29 is 13.9 Å². The molecular formula is C26H27ClFN3O2. The van der Waals surface area contributed by atoms with E-state index in [4.69, 9.17) is 16.3 Å². The van der Waals surface area contributed by atoms with E-state index in [1.165, 1.54) is 6.07 Å². The number of para-hydroxylation sites is 1. The van der Waals surface area contributed by atoms with Crippen LogP contribution in [0.2, 0.25) is 5.02 Å². The average Bonchev–Trinajstić information content (AvgIpc) is 2.86. The Hall–Kier alpha value is -2.96. The molecule has 1 amide bonds. The average molecular weight is 468 g/mol. The van der Waals surface area contributed by atoms with E-state index in [1.54, 1.807) is 24.4 Å². The summed E-state index contributed by atoms with van der Waals surface area (Å²) in [6.07, 6.45) is 3.28. The molecule has 5 nitrogen and oxygen atoms in total. The fourth-order valence-electron chi connectivity index (χ4n) is 4.18. The zero-order valence-electron chi connectivity index (χ0n) is 18.3. The molecule has 33 heavy (non-hydrogen) atoms. The molecule has 0 radical (unpaired) electrons. The number of hydrogen-bond acceptors (Lipinski definition) is 4. The molecule has 1 aromatic heterocycles. The van der Waals surface area contributed by atoms with Crippen LogP contribution in [-0.2, 0) is 4.79 Å². The molecular weight excluding hydrogens is 441 g/mol. The third kappa shape index (κ3) is 5.89. The quantitative estimate of drug-likeness (QED) is 0.513. The minimum absolute atomic E-state index is 0.0548. The number of hydrogen-bond donors (Lipinski definition) is 1. The predicted molar refractivity (Wildman–Crippen MR) is 127 cm³/mol. The number of ether oxygens (including phenoxy) is 1. The molecule has 0 unspecified atom stereocenters. The number of carbonyl (C=O) groups is 1. The van der Waals surface area contributed by atoms with E-state index in [9.17, 15) is 9.18 Å². The van der Waals surface area contributed by atoms with Gasteiger partial charge >= 0.3 is 0 Å². The summed E-state index contributed by atoms with van der Waals surface area (Å²) < 4.78 is 19.8. The Morgan fingerprint density at radius 3 is 2.52 bits per heavy atom. The summed E-state index contributed by atoms with van der Waals surface area (Å²) in [5.41, 5.74) is 1.67. The highest BCUT2D eigenvalue weighted by molar-refractivity contribution is 6.30. The molecule has 0 spiro atoms. The van der Waals surface area contributed by atoms with Gasteiger partial charge in [0.25, 0.3) is 0 Å². The second-order valence-corrected chi connectivity index (χ2v) is 8.48. The van der Waals surface area contributed by atoms with Crippen LogP contribution in [0.1, 0.15) is 30.1 Å². The van der Waals surface area contributed by atoms with E-state index in [2.05, 4.69) is 10.3 Å². The Morgan fingerprint density at radius 2 is 1.82 bits per heavy atom. The largest absolute Gasteiger partial charge is 0.489 e. The SMILES string of the molecule is O=C(C1CCNCC1)N(CCOc1ccccc1F)[C@@H](c1ccc(Cl)cc1)c1ccccn1. The van der Waals surface area contributed by atoms with Gasteiger partial charge in [0.1, 0.15) is 6.61 Å². The molecule has 2 heterocycles. The Balaban J connectivity index is 1.65. The number of amides is 1. The van der Waals surface area contributed by atoms with Crippen molar-refractivity contribution in [2.45, 2.75) is 18.9 Å². The van der Waals surface area contributed by atoms with E-state index < -0.39 is 11.9 Å². The summed E-state index contributed by atoms with van der Waals surface area (Å²) >= 11 is 6.13. The van der Waals surface area contributed by atoms with Crippen LogP contribution >= 0.6 is 11.6 Å². The summed E-state index contributed by atoms with van der Waals surface area (Å²) in [6.45, 7) is 2.08. The van der Waals surface area contributed by atoms with Gasteiger partial charge < -0.3 is 15.0 Å². The second kappa shape index (κ2) is 11.3. The highest BCUT2D eigenvalue weighted by atomic mass is 35.5. The topological polar surface area (TPSA) is 54.5 Å². The lowest BCUT2D eigenvalue weighted by Gasteiger charge is -2.35. The van der Waals surface area contributed by atoms with Crippen molar-refractivity contribution in [3.63, 3.8) is 0 Å². The lowest BCUT2D eigenvalue weighted by Crippen LogP contribution is -2.45. The van der Waals surface area contributed by atoms with Gasteiger partial charge in [0.2, 0.25) is 5.91 Å². The van der Waals surface area contributed by atoms with Gasteiger partial charge in [-0.2, -0.15) is 0 Å². The van der Waals surface area contributed by atoms with Gasteiger partial charge in [0.05, 0.1) is 18.3 Å². The van der Waals surface area contributed by atoms with Gasteiger partial charge in [-0.15, -0.1) is 0 Å². The van der Waals surface area contributed by atoms with E-state index in [1.807, 2.05) is 47.4 Å². The van der Waals surface area contributed by atoms with E-state index >= 15 is 0 Å². The third-order valence-corrected chi connectivity index (χ3v) is 6.12. The van der Waals surface area contributed by atoms with E-state index in [0.29, 0.717) is 11.6 Å². The number of nitrogens with one attached hydrogen (secondary N) is 1. The van der Waals surface area contributed by atoms with E-state index in [0.717, 1.165) is 37.2 Å². The first kappa shape index (κ1) is 23.2. The normalized spacial score (nSPS) is 15.1. The second-order valence-electron chi connectivity index (χ2n) is 8.04. The fraction of sp³-hybridized carbons (Fsp3) is 0.308. The minimum Gasteiger partial charge on any atom is -0.489 e. The molecule has 1 aliphatic heterocycles. The van der Waals surface area contributed by atoms with Crippen molar-refractivity contribution >= 4 is 17.5 Å². The number of benzene rings is 2. The van der Waals surface area contributed by atoms with Crippen LogP contribution in [0.4, 0.5) is 4.39 Å². The van der Waals surface area contributed by atoms with Crippen molar-refractivity contribution in [3.05, 3.63) is 95.0 Å². The molecule has 1 saturated heterocycles. The smallest absolute Gasteiger partial charge is 0.226 e. The number of rotatable bonds is 8. The summed E-state index contributed by atoms with van der Waals surface area (Å²) in [7, 11) is 0. The predicted octanol–water partition coefficient (Wildman–Crippen LogP) is 4.87. The fourth-order valence-corrected chi connectivity index (χ4v) is 4.30. The molecule has 1 atom stereocenters. The Morgan fingerprint density at radius 1 is 1.09 bits per heavy atom. The molecule has 1 aliphatic rings. The van der Waals surface area contributed by atoms with Crippen LogP contribution in [-0.4, -0.2) is 42.0 Å². The first-order chi connectivity index (χ1) is 16.1. The number of nitrogens with zero attached hydrogens (tertiary/aromatic N) is 2. The van der Waals surface area contributed by atoms with Crippen molar-refractivity contribution in [1.29, 1.82) is 0 Å². The summed E-state index contributed by atoms with van der Waals surface area (Å²) in [4.78, 5) is 20.2. The van der Waals surface area contributed by atoms with Crippen LogP contribution in [0.3, 0.4) is 0 Å². The first-order valence-corrected chi connectivity index (χ1v) is 11.6. The maximum atomic E-state index is 14.1. The van der Waals surface area contributed by atoms with Crippen molar-refractivity contribution in [2.24, 2.45) is 5.92 Å². The lowest BCUT2D eigenvalue weighted by atomic mass is 9.93. The highest BCUT2D eigenvalue weighted by Crippen LogP contribution is 2.31. The number of pyridine rings is 1. The lowest BCUT2D eigenvalue weighted by molar-refractivity contribution is -0.138. The molecule has 2 aromatic carbocycles. The maximum Gasteiger partial charge on any atom is 0.226 e. The standard InChI is InChI=1S/C26H27ClFN3O2/c27-21-10-8-19(9-11-21)25(23-6-3-4-14-30-23)31(26(32)20-12-15-29-16-13-20)17-18-33-24-7-2-1-5-22(24)28/h1-11,14,20,25,29H,12-13,15-18H2/t25-/m0/s1. The van der Waals surface area contributed by atoms with Crippen molar-refractivity contribution in [3.8, 4) is 5.75 Å². The molecule has 172 valence electrons. The Labute approximate surface area is 198 Å². The van der Waals surface area contributed by atoms with Gasteiger partial charge in [0, 0.05) is 17.1 Å². The zero-order valence-corrected chi connectivity index (χ0v) is 19.0. The van der Waals surface area contributed by atoms with Gasteiger partial charge in [-0.1, -0.05) is 41.9 Å². The Bertz CT molecular complexity index is 1040. The number of carbonyl (C=O) groups excluding carboxylic acids is 1. The molecule has 0 aliphatic carbocycles. The molecule has 4 rings (SSSR count). The van der Waals surface area contributed by atoms with Gasteiger partial charge in [-0.3, -0.25) is 9.78 Å². The summed E-state index contributed by atoms with van der Waals surface area (Å²) in [6, 6.07) is 19.0. The third-order valence-electron chi connectivity index (χ3n) is 5.86. The molecule has 7 heteroatoms. The van der Waals surface area contributed by atoms with Crippen LogP contribution in [0.15, 0.2) is 72.9 Å². The number of halogens is 2. The number of aromatic nitrogens is 1. The first-order valence-electron chi connectivity index (χ1n) is 11.2. The molecule has 0 bridgehead atoms. The zero-order chi connectivity index (χ0) is 23.0. The van der Waals surface area contributed by atoms with Crippen molar-refractivity contribution in [1.82, 2.24) is 15.2 Å². The van der Waals surface area contributed by atoms with Crippen LogP contribution in [0, 0.1) is 11.7 Å². The molecule has 3 aromatic rings. The Kier molecular flexibility index (Phi) is 7.92. The van der Waals surface area contributed by atoms with Crippen LogP contribution in [0.5, 0.6) is 5.75 Å². The minimum atomic E-state index is -0.423. The van der Waals surface area contributed by atoms with E-state index in [-0.39, 0.29) is 24.2 Å². The van der Waals surface area contributed by atoms with Crippen LogP contribution < -0.4 is 10.1 Å². The van der Waals surface area contributed by atoms with Crippen molar-refractivity contribution in [2.75, 3.05) is 26.2 Å². The highest BCUT2D eigenvalue weighted by Gasteiger charge is 2.33.